The van der Waals surface area contributed by atoms with E-state index in [1.165, 1.54) is 0 Å². The highest BCUT2D eigenvalue weighted by Gasteiger charge is 2.36. The van der Waals surface area contributed by atoms with E-state index >= 15 is 0 Å². The van der Waals surface area contributed by atoms with Gasteiger partial charge in [0.25, 0.3) is 0 Å². The van der Waals surface area contributed by atoms with Gasteiger partial charge in [-0.1, -0.05) is 27.7 Å². The van der Waals surface area contributed by atoms with E-state index in [0.29, 0.717) is 19.4 Å². The molecule has 0 aromatic rings. The molecule has 0 bridgehead atoms. The molecule has 0 aromatic heterocycles. The van der Waals surface area contributed by atoms with Crippen LogP contribution in [0.15, 0.2) is 0 Å². The van der Waals surface area contributed by atoms with Crippen LogP contribution in [0.4, 0.5) is 0 Å². The average molecular weight is 286 g/mol. The quantitative estimate of drug-likeness (QED) is 0.571. The van der Waals surface area contributed by atoms with Gasteiger partial charge in [-0.15, -0.1) is 0 Å². The van der Waals surface area contributed by atoms with Gasteiger partial charge in [0, 0.05) is 13.0 Å². The molecule has 0 aliphatic heterocycles. The summed E-state index contributed by atoms with van der Waals surface area (Å²) in [5, 5.41) is 12.1. The highest BCUT2D eigenvalue weighted by atomic mass is 16.4. The predicted molar refractivity (Wildman–Crippen MR) is 80.7 cm³/mol. The molecular weight excluding hydrogens is 256 g/mol. The third kappa shape index (κ3) is 5.90. The van der Waals surface area contributed by atoms with Crippen LogP contribution in [-0.4, -0.2) is 48.1 Å². The Labute approximate surface area is 122 Å². The Bertz CT molecular complexity index is 297. The molecule has 0 aliphatic rings. The number of carboxylic acids is 1. The van der Waals surface area contributed by atoms with Gasteiger partial charge in [0.05, 0.1) is 5.41 Å². The summed E-state index contributed by atoms with van der Waals surface area (Å²) in [5.74, 6) is -1.03. The normalized spacial score (nSPS) is 11.7. The van der Waals surface area contributed by atoms with Crippen molar-refractivity contribution in [3.63, 3.8) is 0 Å². The molecule has 0 rings (SSSR count). The SMILES string of the molecule is CCN(CC)CCCNC(=O)CC(CC)(CC)C(=O)O. The Kier molecular flexibility index (Phi) is 9.21. The molecule has 118 valence electrons. The summed E-state index contributed by atoms with van der Waals surface area (Å²) >= 11 is 0. The van der Waals surface area contributed by atoms with E-state index in [4.69, 9.17) is 0 Å². The Morgan fingerprint density at radius 2 is 1.65 bits per heavy atom. The van der Waals surface area contributed by atoms with E-state index in [9.17, 15) is 14.7 Å². The van der Waals surface area contributed by atoms with Crippen LogP contribution in [0.3, 0.4) is 0 Å². The summed E-state index contributed by atoms with van der Waals surface area (Å²) in [6, 6.07) is 0. The van der Waals surface area contributed by atoms with Crippen molar-refractivity contribution >= 4 is 11.9 Å². The monoisotopic (exact) mass is 286 g/mol. The molecule has 5 nitrogen and oxygen atoms in total. The maximum atomic E-state index is 11.9. The molecule has 0 unspecified atom stereocenters. The van der Waals surface area contributed by atoms with Crippen molar-refractivity contribution in [2.75, 3.05) is 26.2 Å². The summed E-state index contributed by atoms with van der Waals surface area (Å²) < 4.78 is 0. The molecule has 2 N–H and O–H groups in total. The maximum Gasteiger partial charge on any atom is 0.310 e. The van der Waals surface area contributed by atoms with E-state index in [2.05, 4.69) is 24.1 Å². The molecule has 0 saturated carbocycles. The molecule has 0 saturated heterocycles. The van der Waals surface area contributed by atoms with E-state index in [0.717, 1.165) is 26.1 Å². The van der Waals surface area contributed by atoms with Crippen LogP contribution in [0, 0.1) is 5.41 Å². The average Bonchev–Trinajstić information content (AvgIpc) is 2.44. The number of nitrogens with zero attached hydrogens (tertiary/aromatic N) is 1. The number of carboxylic acid groups (broad SMARTS) is 1. The van der Waals surface area contributed by atoms with Crippen molar-refractivity contribution in [3.8, 4) is 0 Å². The van der Waals surface area contributed by atoms with E-state index < -0.39 is 11.4 Å². The van der Waals surface area contributed by atoms with Crippen molar-refractivity contribution in [3.05, 3.63) is 0 Å². The molecule has 0 aliphatic carbocycles. The zero-order valence-corrected chi connectivity index (χ0v) is 13.4. The molecule has 1 amide bonds. The summed E-state index contributed by atoms with van der Waals surface area (Å²) in [6.45, 7) is 11.5. The third-order valence-corrected chi connectivity index (χ3v) is 4.17. The lowest BCUT2D eigenvalue weighted by atomic mass is 9.79. The lowest BCUT2D eigenvalue weighted by Gasteiger charge is -2.26. The molecule has 0 radical (unpaired) electrons. The van der Waals surface area contributed by atoms with Crippen LogP contribution < -0.4 is 5.32 Å². The first-order chi connectivity index (χ1) is 9.45. The van der Waals surface area contributed by atoms with Crippen LogP contribution in [0.1, 0.15) is 53.4 Å². The highest BCUT2D eigenvalue weighted by Crippen LogP contribution is 2.30. The fourth-order valence-corrected chi connectivity index (χ4v) is 2.32. The first-order valence-corrected chi connectivity index (χ1v) is 7.68. The number of carbonyl (C=O) groups is 2. The predicted octanol–water partition coefficient (Wildman–Crippen LogP) is 2.12. The van der Waals surface area contributed by atoms with Crippen LogP contribution in [0.25, 0.3) is 0 Å². The highest BCUT2D eigenvalue weighted by molar-refractivity contribution is 5.84. The second-order valence-electron chi connectivity index (χ2n) is 5.20. The number of hydrogen-bond donors (Lipinski definition) is 2. The van der Waals surface area contributed by atoms with Gasteiger partial charge in [-0.25, -0.2) is 0 Å². The van der Waals surface area contributed by atoms with Gasteiger partial charge < -0.3 is 15.3 Å². The molecule has 5 heteroatoms. The summed E-state index contributed by atoms with van der Waals surface area (Å²) in [5.41, 5.74) is -0.914. The fourth-order valence-electron chi connectivity index (χ4n) is 2.32. The maximum absolute atomic E-state index is 11.9. The van der Waals surface area contributed by atoms with Gasteiger partial charge in [-0.3, -0.25) is 9.59 Å². The molecular formula is C15H30N2O3. The Morgan fingerprint density at radius 1 is 1.10 bits per heavy atom. The second-order valence-corrected chi connectivity index (χ2v) is 5.20. The molecule has 0 fully saturated rings. The first kappa shape index (κ1) is 18.9. The van der Waals surface area contributed by atoms with Crippen LogP contribution in [0.2, 0.25) is 0 Å². The Hall–Kier alpha value is -1.10. The minimum absolute atomic E-state index is 0.0700. The van der Waals surface area contributed by atoms with Crippen LogP contribution in [-0.2, 0) is 9.59 Å². The number of amides is 1. The lowest BCUT2D eigenvalue weighted by Crippen LogP contribution is -2.37. The number of hydrogen-bond acceptors (Lipinski definition) is 3. The van der Waals surface area contributed by atoms with Crippen molar-refractivity contribution in [2.24, 2.45) is 5.41 Å². The zero-order chi connectivity index (χ0) is 15.6. The number of aliphatic carboxylic acids is 1. The van der Waals surface area contributed by atoms with Gasteiger partial charge in [-0.05, 0) is 38.9 Å². The molecule has 0 aromatic carbocycles. The van der Waals surface area contributed by atoms with Crippen LogP contribution in [0.5, 0.6) is 0 Å². The summed E-state index contributed by atoms with van der Waals surface area (Å²) in [6.07, 6.45) is 1.92. The van der Waals surface area contributed by atoms with Crippen molar-refractivity contribution in [1.82, 2.24) is 10.2 Å². The van der Waals surface area contributed by atoms with Crippen molar-refractivity contribution in [1.29, 1.82) is 0 Å². The standard InChI is InChI=1S/C15H30N2O3/c1-5-15(6-2,14(19)20)12-13(18)16-10-9-11-17(7-3)8-4/h5-12H2,1-4H3,(H,16,18)(H,19,20). The number of carbonyl (C=O) groups excluding carboxylic acids is 1. The van der Waals surface area contributed by atoms with Crippen LogP contribution >= 0.6 is 0 Å². The lowest BCUT2D eigenvalue weighted by molar-refractivity contribution is -0.152. The Balaban J connectivity index is 4.13. The van der Waals surface area contributed by atoms with Crippen molar-refractivity contribution < 1.29 is 14.7 Å². The van der Waals surface area contributed by atoms with Gasteiger partial charge in [0.1, 0.15) is 0 Å². The zero-order valence-electron chi connectivity index (χ0n) is 13.4. The van der Waals surface area contributed by atoms with Crippen molar-refractivity contribution in [2.45, 2.75) is 53.4 Å². The molecule has 0 heterocycles. The largest absolute Gasteiger partial charge is 0.481 e. The first-order valence-electron chi connectivity index (χ1n) is 7.68. The minimum Gasteiger partial charge on any atom is -0.481 e. The third-order valence-electron chi connectivity index (χ3n) is 4.17. The van der Waals surface area contributed by atoms with Gasteiger partial charge >= 0.3 is 5.97 Å². The van der Waals surface area contributed by atoms with E-state index in [1.54, 1.807) is 0 Å². The smallest absolute Gasteiger partial charge is 0.310 e. The second kappa shape index (κ2) is 9.75. The van der Waals surface area contributed by atoms with Gasteiger partial charge in [0.15, 0.2) is 0 Å². The molecule has 0 spiro atoms. The Morgan fingerprint density at radius 3 is 2.05 bits per heavy atom. The van der Waals surface area contributed by atoms with E-state index in [1.807, 2.05) is 13.8 Å². The minimum atomic E-state index is -0.914. The molecule has 0 atom stereocenters. The number of rotatable bonds is 11. The topological polar surface area (TPSA) is 69.6 Å². The fraction of sp³-hybridized carbons (Fsp3) is 0.867. The summed E-state index contributed by atoms with van der Waals surface area (Å²) in [4.78, 5) is 25.5. The summed E-state index contributed by atoms with van der Waals surface area (Å²) in [7, 11) is 0. The van der Waals surface area contributed by atoms with E-state index in [-0.39, 0.29) is 12.3 Å². The molecule has 20 heavy (non-hydrogen) atoms. The van der Waals surface area contributed by atoms with Gasteiger partial charge in [0.2, 0.25) is 5.91 Å². The van der Waals surface area contributed by atoms with Gasteiger partial charge in [-0.2, -0.15) is 0 Å². The number of nitrogens with one attached hydrogen (secondary N) is 1.